The number of aliphatic carboxylic acids is 2. The summed E-state index contributed by atoms with van der Waals surface area (Å²) in [4.78, 5) is 21.2. The molecule has 0 bridgehead atoms. The van der Waals surface area contributed by atoms with Crippen LogP contribution in [0.15, 0.2) is 27.6 Å². The van der Waals surface area contributed by atoms with Gasteiger partial charge in [-0.2, -0.15) is 4.31 Å². The number of carboxylic acid groups (broad SMARTS) is 2. The van der Waals surface area contributed by atoms with Gasteiger partial charge in [-0.1, -0.05) is 15.9 Å². The van der Waals surface area contributed by atoms with Gasteiger partial charge < -0.3 is 14.9 Å². The number of carbonyl (C=O) groups is 2. The molecule has 1 rings (SSSR count). The smallest absolute Gasteiger partial charge is 0.318 e. The lowest BCUT2D eigenvalue weighted by molar-refractivity contribution is -0.139. The van der Waals surface area contributed by atoms with Crippen LogP contribution in [-0.4, -0.2) is 55.1 Å². The number of ether oxygens (including phenoxy) is 1. The normalized spacial score (nSPS) is 11.4. The lowest BCUT2D eigenvalue weighted by Gasteiger charge is -2.19. The van der Waals surface area contributed by atoms with Gasteiger partial charge in [0, 0.05) is 4.47 Å². The van der Waals surface area contributed by atoms with Crippen molar-refractivity contribution in [2.24, 2.45) is 0 Å². The van der Waals surface area contributed by atoms with E-state index in [1.807, 2.05) is 0 Å². The van der Waals surface area contributed by atoms with E-state index in [4.69, 9.17) is 14.9 Å². The zero-order chi connectivity index (χ0) is 16.2. The molecule has 10 heteroatoms. The van der Waals surface area contributed by atoms with Crippen LogP contribution in [0.2, 0.25) is 0 Å². The molecule has 1 aromatic carbocycles. The van der Waals surface area contributed by atoms with Crippen molar-refractivity contribution in [3.63, 3.8) is 0 Å². The summed E-state index contributed by atoms with van der Waals surface area (Å²) in [5.41, 5.74) is 0. The van der Waals surface area contributed by atoms with Crippen LogP contribution in [-0.2, 0) is 19.6 Å². The van der Waals surface area contributed by atoms with Gasteiger partial charge in [-0.05, 0) is 18.2 Å². The predicted molar refractivity (Wildman–Crippen MR) is 74.7 cm³/mol. The van der Waals surface area contributed by atoms with Crippen LogP contribution in [0.5, 0.6) is 5.75 Å². The Morgan fingerprint density at radius 2 is 1.76 bits per heavy atom. The minimum Gasteiger partial charge on any atom is -0.495 e. The van der Waals surface area contributed by atoms with Gasteiger partial charge in [0.1, 0.15) is 23.7 Å². The number of sulfonamides is 1. The van der Waals surface area contributed by atoms with Crippen molar-refractivity contribution in [2.75, 3.05) is 20.2 Å². The largest absolute Gasteiger partial charge is 0.495 e. The van der Waals surface area contributed by atoms with Crippen molar-refractivity contribution in [1.29, 1.82) is 0 Å². The summed E-state index contributed by atoms with van der Waals surface area (Å²) in [5, 5.41) is 17.5. The van der Waals surface area contributed by atoms with Crippen LogP contribution in [0.4, 0.5) is 0 Å². The highest BCUT2D eigenvalue weighted by molar-refractivity contribution is 9.10. The van der Waals surface area contributed by atoms with Gasteiger partial charge in [0.15, 0.2) is 0 Å². The number of halogens is 1. The molecule has 2 N–H and O–H groups in total. The molecule has 0 radical (unpaired) electrons. The van der Waals surface area contributed by atoms with Crippen molar-refractivity contribution in [3.05, 3.63) is 22.7 Å². The molecule has 1 aromatic rings. The summed E-state index contributed by atoms with van der Waals surface area (Å²) >= 11 is 3.10. The van der Waals surface area contributed by atoms with Gasteiger partial charge >= 0.3 is 11.9 Å². The third-order valence-electron chi connectivity index (χ3n) is 2.37. The Balaban J connectivity index is 3.37. The van der Waals surface area contributed by atoms with Crippen molar-refractivity contribution >= 4 is 37.9 Å². The molecule has 0 aliphatic carbocycles. The highest BCUT2D eigenvalue weighted by atomic mass is 79.9. The van der Waals surface area contributed by atoms with Gasteiger partial charge in [-0.15, -0.1) is 0 Å². The summed E-state index contributed by atoms with van der Waals surface area (Å²) in [7, 11) is -3.09. The van der Waals surface area contributed by atoms with E-state index in [0.717, 1.165) is 0 Å². The van der Waals surface area contributed by atoms with Crippen LogP contribution in [0.3, 0.4) is 0 Å². The molecule has 0 heterocycles. The Morgan fingerprint density at radius 1 is 1.24 bits per heavy atom. The minimum atomic E-state index is -4.34. The van der Waals surface area contributed by atoms with E-state index in [-0.39, 0.29) is 10.6 Å². The molecule has 0 amide bonds. The third kappa shape index (κ3) is 4.41. The molecule has 0 saturated carbocycles. The summed E-state index contributed by atoms with van der Waals surface area (Å²) in [5.74, 6) is -2.94. The summed E-state index contributed by atoms with van der Waals surface area (Å²) in [6.45, 7) is -1.94. The lowest BCUT2D eigenvalue weighted by Crippen LogP contribution is -2.39. The Hall–Kier alpha value is -1.65. The second kappa shape index (κ2) is 6.87. The number of hydrogen-bond donors (Lipinski definition) is 2. The van der Waals surface area contributed by atoms with Gasteiger partial charge in [0.2, 0.25) is 10.0 Å². The average Bonchev–Trinajstić information content (AvgIpc) is 2.36. The molecular formula is C11H12BrNO7S. The standard InChI is InChI=1S/C11H12BrNO7S/c1-20-8-3-2-7(12)4-9(8)21(18,19)13(5-10(14)15)6-11(16)17/h2-4H,5-6H2,1H3,(H,14,15)(H,16,17). The van der Waals surface area contributed by atoms with Crippen LogP contribution >= 0.6 is 15.9 Å². The van der Waals surface area contributed by atoms with E-state index in [2.05, 4.69) is 15.9 Å². The van der Waals surface area contributed by atoms with Crippen LogP contribution in [0.1, 0.15) is 0 Å². The van der Waals surface area contributed by atoms with Crippen LogP contribution < -0.4 is 4.74 Å². The molecule has 0 fully saturated rings. The second-order valence-corrected chi connectivity index (χ2v) is 6.68. The first-order valence-electron chi connectivity index (χ1n) is 5.45. The van der Waals surface area contributed by atoms with Crippen molar-refractivity contribution in [2.45, 2.75) is 4.90 Å². The Morgan fingerprint density at radius 3 is 2.19 bits per heavy atom. The maximum Gasteiger partial charge on any atom is 0.318 e. The maximum atomic E-state index is 12.4. The Labute approximate surface area is 129 Å². The van der Waals surface area contributed by atoms with Gasteiger partial charge in [0.25, 0.3) is 0 Å². The van der Waals surface area contributed by atoms with Gasteiger partial charge in [-0.3, -0.25) is 9.59 Å². The first-order valence-corrected chi connectivity index (χ1v) is 7.69. The first-order chi connectivity index (χ1) is 9.68. The Bertz CT molecular complexity index is 643. The number of carboxylic acids is 2. The van der Waals surface area contributed by atoms with E-state index in [1.54, 1.807) is 0 Å². The highest BCUT2D eigenvalue weighted by Gasteiger charge is 2.31. The molecule has 116 valence electrons. The number of methoxy groups -OCH3 is 1. The molecular weight excluding hydrogens is 370 g/mol. The zero-order valence-electron chi connectivity index (χ0n) is 10.8. The monoisotopic (exact) mass is 381 g/mol. The van der Waals surface area contributed by atoms with E-state index in [9.17, 15) is 18.0 Å². The fourth-order valence-electron chi connectivity index (χ4n) is 1.52. The molecule has 0 unspecified atom stereocenters. The molecule has 21 heavy (non-hydrogen) atoms. The van der Waals surface area contributed by atoms with Crippen molar-refractivity contribution < 1.29 is 33.0 Å². The third-order valence-corrected chi connectivity index (χ3v) is 4.67. The van der Waals surface area contributed by atoms with Gasteiger partial charge in [-0.25, -0.2) is 8.42 Å². The summed E-state index contributed by atoms with van der Waals surface area (Å²) < 4.78 is 30.6. The number of hydrogen-bond acceptors (Lipinski definition) is 5. The summed E-state index contributed by atoms with van der Waals surface area (Å²) in [6.07, 6.45) is 0. The van der Waals surface area contributed by atoms with Gasteiger partial charge in [0.05, 0.1) is 7.11 Å². The quantitative estimate of drug-likeness (QED) is 0.709. The second-order valence-electron chi connectivity index (χ2n) is 3.86. The molecule has 0 aliphatic heterocycles. The SMILES string of the molecule is COc1ccc(Br)cc1S(=O)(=O)N(CC(=O)O)CC(=O)O. The fraction of sp³-hybridized carbons (Fsp3) is 0.273. The van der Waals surface area contributed by atoms with E-state index in [0.29, 0.717) is 8.78 Å². The number of rotatable bonds is 7. The molecule has 0 saturated heterocycles. The molecule has 0 spiro atoms. The number of benzene rings is 1. The first kappa shape index (κ1) is 17.4. The van der Waals surface area contributed by atoms with Crippen molar-refractivity contribution in [1.82, 2.24) is 4.31 Å². The predicted octanol–water partition coefficient (Wildman–Crippen LogP) is 0.618. The topological polar surface area (TPSA) is 121 Å². The summed E-state index contributed by atoms with van der Waals surface area (Å²) in [6, 6.07) is 4.12. The molecule has 0 aromatic heterocycles. The van der Waals surface area contributed by atoms with Crippen molar-refractivity contribution in [3.8, 4) is 5.75 Å². The molecule has 8 nitrogen and oxygen atoms in total. The van der Waals surface area contributed by atoms with Crippen LogP contribution in [0, 0.1) is 0 Å². The maximum absolute atomic E-state index is 12.4. The highest BCUT2D eigenvalue weighted by Crippen LogP contribution is 2.29. The van der Waals surface area contributed by atoms with Crippen LogP contribution in [0.25, 0.3) is 0 Å². The zero-order valence-corrected chi connectivity index (χ0v) is 13.2. The minimum absolute atomic E-state index is 0.0148. The van der Waals surface area contributed by atoms with E-state index < -0.39 is 35.1 Å². The van der Waals surface area contributed by atoms with E-state index >= 15 is 0 Å². The molecule has 0 atom stereocenters. The van der Waals surface area contributed by atoms with E-state index in [1.165, 1.54) is 25.3 Å². The fourth-order valence-corrected chi connectivity index (χ4v) is 3.55. The molecule has 0 aliphatic rings. The number of nitrogens with zero attached hydrogens (tertiary/aromatic N) is 1. The Kier molecular flexibility index (Phi) is 5.70. The lowest BCUT2D eigenvalue weighted by atomic mass is 10.3. The average molecular weight is 382 g/mol.